The molecular weight excluding hydrogens is 244 g/mol. The molecule has 106 valence electrons. The molecule has 0 aliphatic heterocycles. The van der Waals surface area contributed by atoms with Gasteiger partial charge in [0.2, 0.25) is 5.91 Å². The topological polar surface area (TPSA) is 46.3 Å². The lowest BCUT2D eigenvalue weighted by atomic mass is 9.85. The van der Waals surface area contributed by atoms with Crippen LogP contribution in [0.5, 0.6) is 0 Å². The Morgan fingerprint density at radius 1 is 1.50 bits per heavy atom. The third kappa shape index (κ3) is 4.81. The largest absolute Gasteiger partial charge is 0.343 e. The van der Waals surface area contributed by atoms with Crippen molar-refractivity contribution < 1.29 is 4.79 Å². The number of amides is 1. The standard InChI is InChI=1S/C14H28N2OS/c1-4-18-9-8-11(2)16(3)14(17)12-6-5-7-13(15)10-12/h11-13H,4-10,15H2,1-3H3. The van der Waals surface area contributed by atoms with E-state index in [4.69, 9.17) is 5.73 Å². The second-order valence-corrected chi connectivity index (χ2v) is 6.80. The number of hydrogen-bond acceptors (Lipinski definition) is 3. The van der Waals surface area contributed by atoms with Gasteiger partial charge in [-0.1, -0.05) is 13.3 Å². The maximum absolute atomic E-state index is 12.4. The molecule has 1 rings (SSSR count). The molecular formula is C14H28N2OS. The lowest BCUT2D eigenvalue weighted by Crippen LogP contribution is -2.42. The van der Waals surface area contributed by atoms with Crippen molar-refractivity contribution in [3.63, 3.8) is 0 Å². The molecule has 0 bridgehead atoms. The van der Waals surface area contributed by atoms with E-state index in [1.54, 1.807) is 0 Å². The van der Waals surface area contributed by atoms with Gasteiger partial charge in [-0.05, 0) is 44.1 Å². The lowest BCUT2D eigenvalue weighted by Gasteiger charge is -2.32. The molecule has 3 nitrogen and oxygen atoms in total. The molecule has 1 saturated carbocycles. The number of hydrogen-bond donors (Lipinski definition) is 1. The summed E-state index contributed by atoms with van der Waals surface area (Å²) in [5, 5.41) is 0. The van der Waals surface area contributed by atoms with Crippen molar-refractivity contribution in [1.29, 1.82) is 0 Å². The number of nitrogens with zero attached hydrogens (tertiary/aromatic N) is 1. The predicted molar refractivity (Wildman–Crippen MR) is 79.8 cm³/mol. The van der Waals surface area contributed by atoms with Crippen LogP contribution in [0, 0.1) is 5.92 Å². The summed E-state index contributed by atoms with van der Waals surface area (Å²) in [6.45, 7) is 4.32. The van der Waals surface area contributed by atoms with Gasteiger partial charge >= 0.3 is 0 Å². The summed E-state index contributed by atoms with van der Waals surface area (Å²) in [4.78, 5) is 14.3. The van der Waals surface area contributed by atoms with Gasteiger partial charge in [-0.25, -0.2) is 0 Å². The molecule has 1 aliphatic carbocycles. The van der Waals surface area contributed by atoms with Crippen LogP contribution in [0.2, 0.25) is 0 Å². The summed E-state index contributed by atoms with van der Waals surface area (Å²) >= 11 is 1.94. The van der Waals surface area contributed by atoms with E-state index in [1.807, 2.05) is 23.7 Å². The van der Waals surface area contributed by atoms with Gasteiger partial charge in [0.1, 0.15) is 0 Å². The second kappa shape index (κ2) is 8.05. The van der Waals surface area contributed by atoms with Gasteiger partial charge in [0, 0.05) is 25.0 Å². The first-order valence-corrected chi connectivity index (χ1v) is 8.31. The van der Waals surface area contributed by atoms with Gasteiger partial charge in [-0.2, -0.15) is 11.8 Å². The Balaban J connectivity index is 2.39. The van der Waals surface area contributed by atoms with Crippen molar-refractivity contribution in [2.24, 2.45) is 11.7 Å². The van der Waals surface area contributed by atoms with Crippen molar-refractivity contribution in [3.05, 3.63) is 0 Å². The molecule has 18 heavy (non-hydrogen) atoms. The quantitative estimate of drug-likeness (QED) is 0.756. The van der Waals surface area contributed by atoms with Crippen molar-refractivity contribution in [1.82, 2.24) is 4.90 Å². The van der Waals surface area contributed by atoms with Crippen LogP contribution in [-0.2, 0) is 4.79 Å². The van der Waals surface area contributed by atoms with E-state index in [0.29, 0.717) is 11.9 Å². The average Bonchev–Trinajstić information content (AvgIpc) is 2.37. The van der Waals surface area contributed by atoms with Crippen LogP contribution in [0.3, 0.4) is 0 Å². The molecule has 0 aromatic heterocycles. The van der Waals surface area contributed by atoms with E-state index in [9.17, 15) is 4.79 Å². The minimum atomic E-state index is 0.167. The summed E-state index contributed by atoms with van der Waals surface area (Å²) in [7, 11) is 1.95. The van der Waals surface area contributed by atoms with Crippen molar-refractivity contribution in [2.75, 3.05) is 18.6 Å². The SMILES string of the molecule is CCSCCC(C)N(C)C(=O)C1CCCC(N)C1. The fraction of sp³-hybridized carbons (Fsp3) is 0.929. The summed E-state index contributed by atoms with van der Waals surface area (Å²) in [6.07, 6.45) is 5.16. The van der Waals surface area contributed by atoms with Crippen LogP contribution in [0.4, 0.5) is 0 Å². The van der Waals surface area contributed by atoms with Crippen LogP contribution < -0.4 is 5.73 Å². The first-order chi connectivity index (χ1) is 8.56. The molecule has 2 N–H and O–H groups in total. The van der Waals surface area contributed by atoms with E-state index in [1.165, 1.54) is 0 Å². The van der Waals surface area contributed by atoms with Crippen LogP contribution >= 0.6 is 11.8 Å². The Morgan fingerprint density at radius 2 is 2.22 bits per heavy atom. The van der Waals surface area contributed by atoms with Gasteiger partial charge in [-0.15, -0.1) is 0 Å². The van der Waals surface area contributed by atoms with Gasteiger partial charge in [0.05, 0.1) is 0 Å². The Morgan fingerprint density at radius 3 is 2.83 bits per heavy atom. The van der Waals surface area contributed by atoms with E-state index >= 15 is 0 Å². The average molecular weight is 272 g/mol. The Labute approximate surface area is 116 Å². The fourth-order valence-corrected chi connectivity index (χ4v) is 3.35. The number of rotatable bonds is 6. The smallest absolute Gasteiger partial charge is 0.225 e. The molecule has 3 unspecified atom stereocenters. The third-order valence-electron chi connectivity index (χ3n) is 3.96. The third-order valence-corrected chi connectivity index (χ3v) is 4.89. The van der Waals surface area contributed by atoms with Crippen LogP contribution in [0.1, 0.15) is 46.0 Å². The van der Waals surface area contributed by atoms with E-state index in [-0.39, 0.29) is 12.0 Å². The highest BCUT2D eigenvalue weighted by atomic mass is 32.2. The van der Waals surface area contributed by atoms with E-state index in [0.717, 1.165) is 43.6 Å². The molecule has 0 heterocycles. The maximum Gasteiger partial charge on any atom is 0.225 e. The molecule has 0 aromatic rings. The molecule has 0 saturated heterocycles. The first kappa shape index (κ1) is 15.8. The van der Waals surface area contributed by atoms with Crippen LogP contribution in [0.15, 0.2) is 0 Å². The highest BCUT2D eigenvalue weighted by Crippen LogP contribution is 2.25. The predicted octanol–water partition coefficient (Wildman–Crippen LogP) is 2.49. The molecule has 1 fully saturated rings. The highest BCUT2D eigenvalue weighted by molar-refractivity contribution is 7.99. The molecule has 4 heteroatoms. The molecule has 0 aromatic carbocycles. The Bertz CT molecular complexity index is 260. The number of thioether (sulfide) groups is 1. The second-order valence-electron chi connectivity index (χ2n) is 5.41. The fourth-order valence-electron chi connectivity index (χ4n) is 2.55. The van der Waals surface area contributed by atoms with E-state index < -0.39 is 0 Å². The van der Waals surface area contributed by atoms with Crippen molar-refractivity contribution in [3.8, 4) is 0 Å². The zero-order chi connectivity index (χ0) is 13.5. The first-order valence-electron chi connectivity index (χ1n) is 7.16. The van der Waals surface area contributed by atoms with Crippen LogP contribution in [0.25, 0.3) is 0 Å². The van der Waals surface area contributed by atoms with Crippen molar-refractivity contribution in [2.45, 2.75) is 58.0 Å². The Kier molecular flexibility index (Phi) is 7.08. The zero-order valence-electron chi connectivity index (χ0n) is 12.0. The molecule has 0 spiro atoms. The van der Waals surface area contributed by atoms with Gasteiger partial charge in [0.15, 0.2) is 0 Å². The van der Waals surface area contributed by atoms with E-state index in [2.05, 4.69) is 13.8 Å². The Hall–Kier alpha value is -0.220. The normalized spacial score (nSPS) is 25.8. The zero-order valence-corrected chi connectivity index (χ0v) is 12.8. The molecule has 1 amide bonds. The van der Waals surface area contributed by atoms with Gasteiger partial charge in [0.25, 0.3) is 0 Å². The minimum Gasteiger partial charge on any atom is -0.343 e. The molecule has 1 aliphatic rings. The van der Waals surface area contributed by atoms with Gasteiger partial charge < -0.3 is 10.6 Å². The highest BCUT2D eigenvalue weighted by Gasteiger charge is 2.29. The van der Waals surface area contributed by atoms with Gasteiger partial charge in [-0.3, -0.25) is 4.79 Å². The summed E-state index contributed by atoms with van der Waals surface area (Å²) in [6, 6.07) is 0.571. The maximum atomic E-state index is 12.4. The molecule has 0 radical (unpaired) electrons. The lowest BCUT2D eigenvalue weighted by molar-refractivity contribution is -0.137. The summed E-state index contributed by atoms with van der Waals surface area (Å²) in [5.74, 6) is 2.76. The number of carbonyl (C=O) groups is 1. The summed E-state index contributed by atoms with van der Waals surface area (Å²) in [5.41, 5.74) is 5.96. The number of nitrogens with two attached hydrogens (primary N) is 1. The van der Waals surface area contributed by atoms with Crippen molar-refractivity contribution >= 4 is 17.7 Å². The van der Waals surface area contributed by atoms with Crippen LogP contribution in [-0.4, -0.2) is 41.4 Å². The summed E-state index contributed by atoms with van der Waals surface area (Å²) < 4.78 is 0. The monoisotopic (exact) mass is 272 g/mol. The molecule has 3 atom stereocenters. The number of carbonyl (C=O) groups excluding carboxylic acids is 1. The minimum absolute atomic E-state index is 0.167.